The summed E-state index contributed by atoms with van der Waals surface area (Å²) in [6, 6.07) is 7.08. The largest absolute Gasteiger partial charge is 0.462 e. The summed E-state index contributed by atoms with van der Waals surface area (Å²) >= 11 is 0. The van der Waals surface area contributed by atoms with Gasteiger partial charge < -0.3 is 25.8 Å². The van der Waals surface area contributed by atoms with Crippen LogP contribution in [0.15, 0.2) is 30.6 Å². The molecule has 1 aliphatic heterocycles. The Kier molecular flexibility index (Phi) is 7.60. The summed E-state index contributed by atoms with van der Waals surface area (Å²) in [5.74, 6) is 0.607. The molecule has 2 heterocycles. The van der Waals surface area contributed by atoms with Gasteiger partial charge in [0.25, 0.3) is 0 Å². The molecule has 0 bridgehead atoms. The fourth-order valence-corrected chi connectivity index (χ4v) is 3.08. The van der Waals surface area contributed by atoms with Gasteiger partial charge >= 0.3 is 5.97 Å². The summed E-state index contributed by atoms with van der Waals surface area (Å²) in [6.07, 6.45) is 2.41. The van der Waals surface area contributed by atoms with E-state index in [2.05, 4.69) is 25.5 Å². The number of morpholine rings is 1. The SMILES string of the molecule is CCOC(=O)c1ccccc1Nc1ncnc(NCCCN2CCOCC2)c1N. The topological polar surface area (TPSA) is 115 Å². The maximum atomic E-state index is 12.2. The Labute approximate surface area is 170 Å². The molecule has 1 aliphatic rings. The van der Waals surface area contributed by atoms with Crippen LogP contribution in [0.25, 0.3) is 0 Å². The second-order valence-corrected chi connectivity index (χ2v) is 6.61. The van der Waals surface area contributed by atoms with E-state index in [0.717, 1.165) is 45.8 Å². The summed E-state index contributed by atoms with van der Waals surface area (Å²) in [5.41, 5.74) is 7.65. The van der Waals surface area contributed by atoms with Gasteiger partial charge in [-0.15, -0.1) is 0 Å². The molecule has 0 unspecified atom stereocenters. The van der Waals surface area contributed by atoms with Crippen molar-refractivity contribution in [2.24, 2.45) is 0 Å². The zero-order chi connectivity index (χ0) is 20.5. The smallest absolute Gasteiger partial charge is 0.340 e. The summed E-state index contributed by atoms with van der Waals surface area (Å²) < 4.78 is 10.5. The van der Waals surface area contributed by atoms with Crippen molar-refractivity contribution in [3.8, 4) is 0 Å². The van der Waals surface area contributed by atoms with Crippen molar-refractivity contribution in [2.75, 3.05) is 62.4 Å². The molecule has 9 heteroatoms. The van der Waals surface area contributed by atoms with E-state index in [-0.39, 0.29) is 0 Å². The van der Waals surface area contributed by atoms with Crippen LogP contribution in [0.5, 0.6) is 0 Å². The van der Waals surface area contributed by atoms with Crippen LogP contribution < -0.4 is 16.4 Å². The Bertz CT molecular complexity index is 811. The number of esters is 1. The van der Waals surface area contributed by atoms with Crippen molar-refractivity contribution >= 4 is 29.0 Å². The van der Waals surface area contributed by atoms with Crippen LogP contribution in [0, 0.1) is 0 Å². The Morgan fingerprint density at radius 1 is 1.24 bits per heavy atom. The molecule has 156 valence electrons. The summed E-state index contributed by atoms with van der Waals surface area (Å²) in [7, 11) is 0. The zero-order valence-corrected chi connectivity index (χ0v) is 16.7. The van der Waals surface area contributed by atoms with Gasteiger partial charge in [-0.05, 0) is 32.0 Å². The first-order valence-corrected chi connectivity index (χ1v) is 9.86. The van der Waals surface area contributed by atoms with Gasteiger partial charge in [-0.3, -0.25) is 4.90 Å². The summed E-state index contributed by atoms with van der Waals surface area (Å²) in [4.78, 5) is 23.0. The molecule has 1 aromatic heterocycles. The van der Waals surface area contributed by atoms with Gasteiger partial charge in [-0.1, -0.05) is 12.1 Å². The Morgan fingerprint density at radius 2 is 2.00 bits per heavy atom. The van der Waals surface area contributed by atoms with Crippen LogP contribution >= 0.6 is 0 Å². The second kappa shape index (κ2) is 10.6. The van der Waals surface area contributed by atoms with E-state index >= 15 is 0 Å². The zero-order valence-electron chi connectivity index (χ0n) is 16.7. The first-order chi connectivity index (χ1) is 14.2. The molecule has 0 radical (unpaired) electrons. The Hall–Kier alpha value is -2.91. The van der Waals surface area contributed by atoms with Crippen LogP contribution in [0.1, 0.15) is 23.7 Å². The van der Waals surface area contributed by atoms with Crippen molar-refractivity contribution in [3.63, 3.8) is 0 Å². The van der Waals surface area contributed by atoms with E-state index in [1.165, 1.54) is 6.33 Å². The van der Waals surface area contributed by atoms with Crippen LogP contribution in [0.4, 0.5) is 23.0 Å². The molecule has 2 aromatic rings. The average molecular weight is 400 g/mol. The summed E-state index contributed by atoms with van der Waals surface area (Å²) in [6.45, 7) is 7.38. The number of nitrogens with zero attached hydrogens (tertiary/aromatic N) is 3. The number of hydrogen-bond donors (Lipinski definition) is 3. The first kappa shape index (κ1) is 20.8. The third-order valence-corrected chi connectivity index (χ3v) is 4.61. The fraction of sp³-hybridized carbons (Fsp3) is 0.450. The first-order valence-electron chi connectivity index (χ1n) is 9.86. The number of para-hydroxylation sites is 1. The number of hydrogen-bond acceptors (Lipinski definition) is 9. The highest BCUT2D eigenvalue weighted by atomic mass is 16.5. The van der Waals surface area contributed by atoms with Gasteiger partial charge in [0.2, 0.25) is 0 Å². The lowest BCUT2D eigenvalue weighted by molar-refractivity contribution is 0.0378. The monoisotopic (exact) mass is 400 g/mol. The molecular formula is C20H28N6O3. The molecule has 29 heavy (non-hydrogen) atoms. The van der Waals surface area contributed by atoms with E-state index < -0.39 is 5.97 Å². The number of anilines is 4. The fourth-order valence-electron chi connectivity index (χ4n) is 3.08. The number of nitrogens with two attached hydrogens (primary N) is 1. The van der Waals surface area contributed by atoms with Gasteiger partial charge in [-0.2, -0.15) is 0 Å². The van der Waals surface area contributed by atoms with Crippen LogP contribution in [-0.4, -0.2) is 66.8 Å². The number of aromatic nitrogens is 2. The predicted molar refractivity (Wildman–Crippen MR) is 112 cm³/mol. The molecule has 0 amide bonds. The molecule has 1 fully saturated rings. The Morgan fingerprint density at radius 3 is 2.79 bits per heavy atom. The third kappa shape index (κ3) is 5.78. The molecule has 4 N–H and O–H groups in total. The van der Waals surface area contributed by atoms with Gasteiger partial charge in [0.05, 0.1) is 31.1 Å². The molecule has 0 aliphatic carbocycles. The van der Waals surface area contributed by atoms with Crippen molar-refractivity contribution in [3.05, 3.63) is 36.2 Å². The van der Waals surface area contributed by atoms with Crippen LogP contribution in [0.3, 0.4) is 0 Å². The summed E-state index contributed by atoms with van der Waals surface area (Å²) in [5, 5.41) is 6.39. The number of rotatable bonds is 9. The standard InChI is InChI=1S/C20H28N6O3/c1-2-29-20(27)15-6-3-4-7-16(15)25-19-17(21)18(23-14-24-19)22-8-5-9-26-10-12-28-13-11-26/h3-4,6-7,14H,2,5,8-13,21H2,1H3,(H2,22,23,24,25). The normalized spacial score (nSPS) is 14.4. The second-order valence-electron chi connectivity index (χ2n) is 6.61. The number of ether oxygens (including phenoxy) is 2. The van der Waals surface area contributed by atoms with Crippen LogP contribution in [-0.2, 0) is 9.47 Å². The quantitative estimate of drug-likeness (QED) is 0.430. The molecular weight excluding hydrogens is 372 g/mol. The Balaban J connectivity index is 1.61. The number of benzene rings is 1. The van der Waals surface area contributed by atoms with E-state index in [0.29, 0.717) is 35.2 Å². The van der Waals surface area contributed by atoms with Gasteiger partial charge in [0.15, 0.2) is 11.6 Å². The van der Waals surface area contributed by atoms with Gasteiger partial charge in [0.1, 0.15) is 12.0 Å². The van der Waals surface area contributed by atoms with Crippen molar-refractivity contribution in [2.45, 2.75) is 13.3 Å². The number of carbonyl (C=O) groups is 1. The van der Waals surface area contributed by atoms with E-state index in [4.69, 9.17) is 15.2 Å². The third-order valence-electron chi connectivity index (χ3n) is 4.61. The average Bonchev–Trinajstić information content (AvgIpc) is 2.75. The minimum absolute atomic E-state index is 0.307. The van der Waals surface area contributed by atoms with Crippen molar-refractivity contribution in [1.82, 2.24) is 14.9 Å². The predicted octanol–water partition coefficient (Wildman–Crippen LogP) is 2.11. The van der Waals surface area contributed by atoms with Gasteiger partial charge in [-0.25, -0.2) is 14.8 Å². The minimum atomic E-state index is -0.398. The lowest BCUT2D eigenvalue weighted by Gasteiger charge is -2.26. The molecule has 0 saturated carbocycles. The van der Waals surface area contributed by atoms with E-state index in [1.54, 1.807) is 25.1 Å². The number of nitrogens with one attached hydrogen (secondary N) is 2. The highest BCUT2D eigenvalue weighted by Gasteiger charge is 2.15. The van der Waals surface area contributed by atoms with Gasteiger partial charge in [0, 0.05) is 19.6 Å². The lowest BCUT2D eigenvalue weighted by Crippen LogP contribution is -2.37. The number of carbonyl (C=O) groups excluding carboxylic acids is 1. The number of nitrogen functional groups attached to an aromatic ring is 1. The maximum absolute atomic E-state index is 12.2. The molecule has 0 atom stereocenters. The molecule has 1 aromatic carbocycles. The molecule has 1 saturated heterocycles. The highest BCUT2D eigenvalue weighted by molar-refractivity contribution is 5.97. The molecule has 9 nitrogen and oxygen atoms in total. The molecule has 0 spiro atoms. The van der Waals surface area contributed by atoms with Crippen molar-refractivity contribution < 1.29 is 14.3 Å². The van der Waals surface area contributed by atoms with Crippen molar-refractivity contribution in [1.29, 1.82) is 0 Å². The van der Waals surface area contributed by atoms with Crippen LogP contribution in [0.2, 0.25) is 0 Å². The molecule has 3 rings (SSSR count). The van der Waals surface area contributed by atoms with E-state index in [1.807, 2.05) is 6.07 Å². The van der Waals surface area contributed by atoms with E-state index in [9.17, 15) is 4.79 Å². The lowest BCUT2D eigenvalue weighted by atomic mass is 10.2. The maximum Gasteiger partial charge on any atom is 0.340 e. The highest BCUT2D eigenvalue weighted by Crippen LogP contribution is 2.27. The minimum Gasteiger partial charge on any atom is -0.462 e.